The maximum atomic E-state index is 12.7. The zero-order valence-electron chi connectivity index (χ0n) is 16.8. The van der Waals surface area contributed by atoms with Crippen molar-refractivity contribution in [2.45, 2.75) is 0 Å². The van der Waals surface area contributed by atoms with Gasteiger partial charge < -0.3 is 9.80 Å². The highest BCUT2D eigenvalue weighted by atomic mass is 35.5. The number of carbonyl (C=O) groups is 3. The first-order valence-electron chi connectivity index (χ1n) is 8.98. The van der Waals surface area contributed by atoms with Crippen molar-refractivity contribution >= 4 is 47.0 Å². The summed E-state index contributed by atoms with van der Waals surface area (Å²) in [7, 11) is 5.53. The van der Waals surface area contributed by atoms with Crippen LogP contribution < -0.4 is 16.2 Å². The van der Waals surface area contributed by atoms with Gasteiger partial charge in [0.1, 0.15) is 5.70 Å². The van der Waals surface area contributed by atoms with Gasteiger partial charge in [-0.1, -0.05) is 47.5 Å². The van der Waals surface area contributed by atoms with E-state index in [9.17, 15) is 14.4 Å². The minimum atomic E-state index is -0.708. The van der Waals surface area contributed by atoms with E-state index in [1.165, 1.54) is 12.1 Å². The molecule has 0 saturated heterocycles. The third-order valence-corrected chi connectivity index (χ3v) is 4.29. The number of nitrogens with zero attached hydrogens (tertiary/aromatic N) is 1. The van der Waals surface area contributed by atoms with Crippen molar-refractivity contribution in [3.05, 3.63) is 75.4 Å². The molecule has 0 unspecified atom stereocenters. The second kappa shape index (κ2) is 10.2. The van der Waals surface area contributed by atoms with Crippen LogP contribution in [0.2, 0.25) is 10.0 Å². The van der Waals surface area contributed by atoms with Gasteiger partial charge in [-0.3, -0.25) is 25.2 Å². The van der Waals surface area contributed by atoms with Crippen LogP contribution in [0.4, 0.5) is 0 Å². The predicted molar refractivity (Wildman–Crippen MR) is 118 cm³/mol. The van der Waals surface area contributed by atoms with Crippen molar-refractivity contribution < 1.29 is 18.9 Å². The zero-order chi connectivity index (χ0) is 22.3. The van der Waals surface area contributed by atoms with Crippen LogP contribution in [0, 0.1) is 0 Å². The summed E-state index contributed by atoms with van der Waals surface area (Å²) in [5, 5.41) is 3.29. The molecule has 9 heteroatoms. The standard InChI is InChI=1S/C21H22Cl2N4O3/c1-27(2,3)13-19(28)25-26-21(30)18(11-15-9-10-16(22)12-17(15)23)24-20(29)14-7-5-4-6-8-14/h4-12H,13H2,1-3H3,(H2-,24,25,26,28,29,30)/p+1. The van der Waals surface area contributed by atoms with Crippen molar-refractivity contribution in [2.24, 2.45) is 0 Å². The van der Waals surface area contributed by atoms with Crippen molar-refractivity contribution in [3.8, 4) is 0 Å². The summed E-state index contributed by atoms with van der Waals surface area (Å²) in [5.41, 5.74) is 5.39. The first kappa shape index (κ1) is 23.4. The molecule has 0 aliphatic rings. The second-order valence-electron chi connectivity index (χ2n) is 7.49. The average Bonchev–Trinajstić information content (AvgIpc) is 2.66. The minimum absolute atomic E-state index is 0.0985. The van der Waals surface area contributed by atoms with Crippen LogP contribution in [0.3, 0.4) is 0 Å². The summed E-state index contributed by atoms with van der Waals surface area (Å²) >= 11 is 12.1. The van der Waals surface area contributed by atoms with Gasteiger partial charge in [-0.15, -0.1) is 0 Å². The monoisotopic (exact) mass is 449 g/mol. The van der Waals surface area contributed by atoms with Gasteiger partial charge in [0.25, 0.3) is 17.7 Å². The highest BCUT2D eigenvalue weighted by Crippen LogP contribution is 2.23. The first-order chi connectivity index (χ1) is 14.0. The number of quaternary nitrogens is 1. The Morgan fingerprint density at radius 3 is 2.23 bits per heavy atom. The van der Waals surface area contributed by atoms with E-state index < -0.39 is 11.8 Å². The lowest BCUT2D eigenvalue weighted by molar-refractivity contribution is -0.862. The summed E-state index contributed by atoms with van der Waals surface area (Å²) in [6.07, 6.45) is 1.40. The molecular formula is C21H23Cl2N4O3+. The fraction of sp³-hybridized carbons (Fsp3) is 0.190. The summed E-state index contributed by atoms with van der Waals surface area (Å²) in [6.45, 7) is 0.152. The topological polar surface area (TPSA) is 87.3 Å². The molecule has 0 bridgehead atoms. The summed E-state index contributed by atoms with van der Waals surface area (Å²) in [5.74, 6) is -1.58. The first-order valence-corrected chi connectivity index (χ1v) is 9.73. The molecule has 2 aromatic carbocycles. The quantitative estimate of drug-likeness (QED) is 0.359. The van der Waals surface area contributed by atoms with Crippen LogP contribution in [0.5, 0.6) is 0 Å². The molecule has 0 aliphatic carbocycles. The number of hydrazine groups is 1. The lowest BCUT2D eigenvalue weighted by Gasteiger charge is -2.23. The Morgan fingerprint density at radius 1 is 0.967 bits per heavy atom. The number of carbonyl (C=O) groups excluding carboxylic acids is 3. The largest absolute Gasteiger partial charge is 0.323 e. The van der Waals surface area contributed by atoms with Crippen LogP contribution in [0.15, 0.2) is 54.2 Å². The lowest BCUT2D eigenvalue weighted by Crippen LogP contribution is -2.51. The zero-order valence-corrected chi connectivity index (χ0v) is 18.3. The van der Waals surface area contributed by atoms with Crippen molar-refractivity contribution in [1.29, 1.82) is 0 Å². The molecule has 7 nitrogen and oxygen atoms in total. The van der Waals surface area contributed by atoms with Gasteiger partial charge >= 0.3 is 0 Å². The lowest BCUT2D eigenvalue weighted by atomic mass is 10.1. The molecule has 0 radical (unpaired) electrons. The molecule has 3 amide bonds. The molecule has 0 saturated carbocycles. The highest BCUT2D eigenvalue weighted by Gasteiger charge is 2.18. The Labute approximate surface area is 185 Å². The smallest absolute Gasteiger partial charge is 0.293 e. The van der Waals surface area contributed by atoms with Crippen LogP contribution in [0.1, 0.15) is 15.9 Å². The van der Waals surface area contributed by atoms with Crippen molar-refractivity contribution in [1.82, 2.24) is 16.2 Å². The fourth-order valence-corrected chi connectivity index (χ4v) is 2.84. The molecule has 0 fully saturated rings. The maximum absolute atomic E-state index is 12.7. The Balaban J connectivity index is 2.24. The Hall–Kier alpha value is -2.87. The van der Waals surface area contributed by atoms with E-state index in [-0.39, 0.29) is 18.1 Å². The molecule has 158 valence electrons. The highest BCUT2D eigenvalue weighted by molar-refractivity contribution is 6.35. The fourth-order valence-electron chi connectivity index (χ4n) is 2.38. The number of hydrogen-bond acceptors (Lipinski definition) is 3. The van der Waals surface area contributed by atoms with Crippen molar-refractivity contribution in [3.63, 3.8) is 0 Å². The molecule has 2 rings (SSSR count). The van der Waals surface area contributed by atoms with Crippen LogP contribution in [0.25, 0.3) is 6.08 Å². The number of hydrogen-bond donors (Lipinski definition) is 3. The molecule has 0 atom stereocenters. The van der Waals surface area contributed by atoms with Gasteiger partial charge in [0.15, 0.2) is 6.54 Å². The van der Waals surface area contributed by atoms with E-state index >= 15 is 0 Å². The number of likely N-dealkylation sites (N-methyl/N-ethyl adjacent to an activating group) is 1. The third kappa shape index (κ3) is 7.51. The maximum Gasteiger partial charge on any atom is 0.293 e. The van der Waals surface area contributed by atoms with Crippen LogP contribution in [-0.2, 0) is 9.59 Å². The molecule has 30 heavy (non-hydrogen) atoms. The van der Waals surface area contributed by atoms with Gasteiger partial charge in [-0.05, 0) is 35.9 Å². The van der Waals surface area contributed by atoms with Gasteiger partial charge in [0.2, 0.25) is 0 Å². The third-order valence-electron chi connectivity index (χ3n) is 3.72. The number of rotatable bonds is 6. The van der Waals surface area contributed by atoms with Gasteiger partial charge in [0, 0.05) is 15.6 Å². The van der Waals surface area contributed by atoms with E-state index in [0.29, 0.717) is 25.7 Å². The Morgan fingerprint density at radius 2 is 1.63 bits per heavy atom. The molecule has 0 aromatic heterocycles. The minimum Gasteiger partial charge on any atom is -0.323 e. The summed E-state index contributed by atoms with van der Waals surface area (Å²) < 4.78 is 0.384. The molecule has 0 heterocycles. The number of nitrogens with one attached hydrogen (secondary N) is 3. The Kier molecular flexibility index (Phi) is 8.00. The van der Waals surface area contributed by atoms with E-state index in [4.69, 9.17) is 23.2 Å². The van der Waals surface area contributed by atoms with Crippen LogP contribution in [-0.4, -0.2) is 49.9 Å². The molecule has 0 aliphatic heterocycles. The van der Waals surface area contributed by atoms with E-state index in [1.54, 1.807) is 42.5 Å². The van der Waals surface area contributed by atoms with E-state index in [0.717, 1.165) is 0 Å². The molecule has 0 spiro atoms. The summed E-state index contributed by atoms with van der Waals surface area (Å²) in [4.78, 5) is 37.2. The normalized spacial score (nSPS) is 11.6. The molecule has 2 aromatic rings. The SMILES string of the molecule is C[N+](C)(C)CC(=O)NNC(=O)C(=Cc1ccc(Cl)cc1Cl)NC(=O)c1ccccc1. The van der Waals surface area contributed by atoms with E-state index in [1.807, 2.05) is 21.1 Å². The summed E-state index contributed by atoms with van der Waals surface area (Å²) in [6, 6.07) is 13.2. The van der Waals surface area contributed by atoms with E-state index in [2.05, 4.69) is 16.2 Å². The van der Waals surface area contributed by atoms with Crippen molar-refractivity contribution in [2.75, 3.05) is 27.7 Å². The van der Waals surface area contributed by atoms with Crippen LogP contribution >= 0.6 is 23.2 Å². The molecular weight excluding hydrogens is 427 g/mol. The Bertz CT molecular complexity index is 970. The number of benzene rings is 2. The van der Waals surface area contributed by atoms with Gasteiger partial charge in [-0.25, -0.2) is 0 Å². The number of amides is 3. The molecule has 3 N–H and O–H groups in total. The van der Waals surface area contributed by atoms with Gasteiger partial charge in [-0.2, -0.15) is 0 Å². The van der Waals surface area contributed by atoms with Gasteiger partial charge in [0.05, 0.1) is 21.1 Å². The predicted octanol–water partition coefficient (Wildman–Crippen LogP) is 2.62. The number of halogens is 2. The average molecular weight is 450 g/mol. The second-order valence-corrected chi connectivity index (χ2v) is 8.34.